The molecule has 396 valence electrons. The van der Waals surface area contributed by atoms with Crippen molar-refractivity contribution in [1.29, 1.82) is 0 Å². The Morgan fingerprint density at radius 3 is 2.42 bits per heavy atom. The molecule has 1 aromatic carbocycles. The van der Waals surface area contributed by atoms with Crippen molar-refractivity contribution in [3.8, 4) is 11.3 Å². The number of methoxy groups -OCH3 is 1. The third kappa shape index (κ3) is 12.7. The van der Waals surface area contributed by atoms with Crippen molar-refractivity contribution in [3.05, 3.63) is 53.6 Å². The quantitative estimate of drug-likeness (QED) is 0.113. The van der Waals surface area contributed by atoms with Gasteiger partial charge in [-0.1, -0.05) is 0 Å². The van der Waals surface area contributed by atoms with Crippen LogP contribution in [0.5, 0.6) is 0 Å². The van der Waals surface area contributed by atoms with E-state index >= 15 is 4.39 Å². The third-order valence-corrected chi connectivity index (χ3v) is 15.9. The van der Waals surface area contributed by atoms with E-state index in [1.807, 2.05) is 40.8 Å². The Morgan fingerprint density at radius 1 is 1.07 bits per heavy atom. The van der Waals surface area contributed by atoms with Crippen LogP contribution in [0.3, 0.4) is 0 Å². The summed E-state index contributed by atoms with van der Waals surface area (Å²) in [5, 5.41) is 5.09. The number of hydrazine groups is 1. The summed E-state index contributed by atoms with van der Waals surface area (Å²) in [4.78, 5) is 57.9. The van der Waals surface area contributed by atoms with Crippen LogP contribution in [-0.4, -0.2) is 137 Å². The molecule has 2 amide bonds. The van der Waals surface area contributed by atoms with E-state index in [9.17, 15) is 27.6 Å². The van der Waals surface area contributed by atoms with Gasteiger partial charge in [0.15, 0.2) is 0 Å². The number of carbonyl (C=O) groups is 3. The number of benzene rings is 1. The van der Waals surface area contributed by atoms with Crippen LogP contribution in [0.2, 0.25) is 0 Å². The Kier molecular flexibility index (Phi) is 17.7. The summed E-state index contributed by atoms with van der Waals surface area (Å²) in [6.07, 6.45) is 3.61. The Hall–Kier alpha value is -4.40. The summed E-state index contributed by atoms with van der Waals surface area (Å²) in [5.74, 6) is -1.40. The molecular weight excluding hydrogens is 1110 g/mol. The van der Waals surface area contributed by atoms with E-state index in [1.165, 1.54) is 18.2 Å². The number of rotatable bonds is 11. The van der Waals surface area contributed by atoms with Crippen LogP contribution in [0.25, 0.3) is 27.9 Å². The van der Waals surface area contributed by atoms with Crippen molar-refractivity contribution in [1.82, 2.24) is 35.1 Å². The first kappa shape index (κ1) is 55.3. The van der Waals surface area contributed by atoms with Gasteiger partial charge in [0.25, 0.3) is 0 Å². The van der Waals surface area contributed by atoms with Crippen LogP contribution < -0.4 is 15.6 Å². The Labute approximate surface area is 431 Å². The number of esters is 1. The fraction of sp³-hybridized carbons (Fsp3) is 0.623. The van der Waals surface area contributed by atoms with Crippen molar-refractivity contribution in [2.75, 3.05) is 65.4 Å². The molecule has 3 aliphatic heterocycles. The molecule has 1 saturated carbocycles. The number of pyridine rings is 1. The monoisotopic (exact) mass is 1180 g/mol. The molecule has 2 N–H and O–H groups in total. The Morgan fingerprint density at radius 2 is 1.76 bits per heavy atom. The average molecular weight is 1180 g/mol. The van der Waals surface area contributed by atoms with Crippen molar-refractivity contribution < 1.29 is 59.6 Å². The van der Waals surface area contributed by atoms with Crippen molar-refractivity contribution in [2.45, 2.75) is 130 Å². The average Bonchev–Trinajstić information content (AvgIpc) is 3.60. The number of halogens is 4. The molecule has 1 aliphatic carbocycles. The predicted octanol–water partition coefficient (Wildman–Crippen LogP) is 7.54. The zero-order valence-electron chi connectivity index (χ0n) is 43.1. The van der Waals surface area contributed by atoms with Crippen LogP contribution in [0, 0.1) is 35.6 Å². The summed E-state index contributed by atoms with van der Waals surface area (Å²) in [6.45, 7) is 19.9. The first-order valence-electron chi connectivity index (χ1n) is 25.2. The molecule has 2 saturated heterocycles. The second kappa shape index (κ2) is 23.0. The summed E-state index contributed by atoms with van der Waals surface area (Å²) in [7, 11) is 5.34. The molecule has 14 nitrogen and oxygen atoms in total. The molecule has 5 heterocycles. The molecule has 2 aromatic heterocycles. The summed E-state index contributed by atoms with van der Waals surface area (Å²) < 4.78 is 75.2. The second-order valence-electron chi connectivity index (χ2n) is 21.4. The number of carbonyl (C=O) groups excluding carboxylic acids is 3. The molecule has 3 aromatic rings. The van der Waals surface area contributed by atoms with Gasteiger partial charge in [0.05, 0.1) is 23.7 Å². The van der Waals surface area contributed by atoms with Gasteiger partial charge in [-0.15, -0.1) is 0 Å². The summed E-state index contributed by atoms with van der Waals surface area (Å²) in [6, 6.07) is 2.04. The maximum absolute atomic E-state index is 16.7. The number of alkyl halides is 3. The fourth-order valence-corrected chi connectivity index (χ4v) is 12.3. The number of piperazine rings is 1. The van der Waals surface area contributed by atoms with Crippen LogP contribution in [0.4, 0.5) is 23.2 Å². The molecule has 3 fully saturated rings. The van der Waals surface area contributed by atoms with Crippen molar-refractivity contribution in [2.24, 2.45) is 28.2 Å². The van der Waals surface area contributed by atoms with Crippen LogP contribution in [-0.2, 0) is 55.0 Å². The van der Waals surface area contributed by atoms with E-state index in [0.29, 0.717) is 58.5 Å². The molecule has 7 rings (SSSR count). The number of nitrogens with one attached hydrogen (secondary N) is 2. The van der Waals surface area contributed by atoms with Gasteiger partial charge in [-0.3, -0.25) is 4.98 Å². The molecular formula is C53H71F4N9O5Os-2. The second-order valence-corrected chi connectivity index (χ2v) is 22.8. The molecule has 72 heavy (non-hydrogen) atoms. The number of ether oxygens (including phenoxy) is 2. The van der Waals surface area contributed by atoms with Gasteiger partial charge in [-0.05, 0) is 20.0 Å². The van der Waals surface area contributed by atoms with Crippen LogP contribution in [0.1, 0.15) is 109 Å². The SMILES string of the molecule is [CH-]=C1N=[C-]C[C@H](N[C](=[Os])[C@H](C(C)C)N(C)C(=O)C2CCC(C)CC2)C(=O)N2CCC[C@H](N2)C(=O)OCC(C)(C)Cc2c(-c3cc(N4CCN(C)CC4)cnc3[C@H](C)OC)n(CC(F)(F)F)c3cc(F)c1cc23. The number of fused-ring (bicyclic) bond motifs is 3. The van der Waals surface area contributed by atoms with Gasteiger partial charge < -0.3 is 14.5 Å². The Balaban J connectivity index is 1.34. The van der Waals surface area contributed by atoms with Gasteiger partial charge in [0.2, 0.25) is 0 Å². The number of nitrogens with zero attached hydrogens (tertiary/aromatic N) is 7. The van der Waals surface area contributed by atoms with Crippen LogP contribution >= 0.6 is 0 Å². The minimum absolute atomic E-state index is 0.0306. The first-order chi connectivity index (χ1) is 34.0. The van der Waals surface area contributed by atoms with Gasteiger partial charge >= 0.3 is 312 Å². The fourth-order valence-electron chi connectivity index (χ4n) is 10.6. The number of cyclic esters (lactones) is 1. The van der Waals surface area contributed by atoms with Gasteiger partial charge in [0, 0.05) is 38.9 Å². The first-order valence-corrected chi connectivity index (χ1v) is 26.5. The third-order valence-electron chi connectivity index (χ3n) is 14.7. The maximum atomic E-state index is 16.7. The van der Waals surface area contributed by atoms with E-state index in [2.05, 4.69) is 38.7 Å². The van der Waals surface area contributed by atoms with E-state index in [-0.39, 0.29) is 77.6 Å². The molecule has 0 unspecified atom stereocenters. The molecule has 4 atom stereocenters. The molecule has 4 aliphatic rings. The standard InChI is InChI=1S/C53H71F4N9O5.Os/c1-32(2)46(63(9)49(67)36-15-13-33(3)14-16-36)29-59-43-17-18-58-34(4)38-25-39-41(27-52(6,7)31-71-51(69)44-12-11-19-66(61-44)50(43)68)48(65(30-53(55,56)57)45(39)26-42(38)54)40-24-37(28-60-47(40)35(5)70-10)64-22-20-62(8)21-23-64;/h4,24-26,28,32-33,35-36,43-44,46,59,61H,11-17,19-23,27,30-31H2,1-3,5-10H3;/q-2;/t33?,35-,36?,43-,44-,46+;/m0./s1. The molecule has 0 spiro atoms. The zero-order chi connectivity index (χ0) is 52.4. The summed E-state index contributed by atoms with van der Waals surface area (Å²) in [5.41, 5.74) is 3.78. The van der Waals surface area contributed by atoms with Gasteiger partial charge in [-0.2, -0.15) is 13.2 Å². The molecule has 0 radical (unpaired) electrons. The van der Waals surface area contributed by atoms with E-state index in [4.69, 9.17) is 21.0 Å². The number of hydrogen-bond acceptors (Lipinski definition) is 11. The Bertz CT molecular complexity index is 2530. The van der Waals surface area contributed by atoms with E-state index in [1.54, 1.807) is 43.2 Å². The van der Waals surface area contributed by atoms with E-state index in [0.717, 1.165) is 49.4 Å². The van der Waals surface area contributed by atoms with Crippen molar-refractivity contribution >= 4 is 50.5 Å². The van der Waals surface area contributed by atoms with Crippen LogP contribution in [0.15, 0.2) is 29.4 Å². The minimum atomic E-state index is -4.74. The number of aliphatic imine (C=N–C) groups is 1. The number of hydrogen-bond donors (Lipinski definition) is 2. The molecule has 4 bridgehead atoms. The van der Waals surface area contributed by atoms with Crippen molar-refractivity contribution in [3.63, 3.8) is 0 Å². The number of aromatic nitrogens is 2. The predicted molar refractivity (Wildman–Crippen MR) is 267 cm³/mol. The zero-order valence-corrected chi connectivity index (χ0v) is 45.6. The topological polar surface area (TPSA) is 137 Å². The number of amides is 2. The normalized spacial score (nSPS) is 23.8. The molecule has 19 heteroatoms. The number of likely N-dealkylation sites (N-methyl/N-ethyl adjacent to an activating group) is 2. The summed E-state index contributed by atoms with van der Waals surface area (Å²) >= 11 is 1.57. The van der Waals surface area contributed by atoms with E-state index < -0.39 is 54.0 Å². The van der Waals surface area contributed by atoms with Gasteiger partial charge in [0.1, 0.15) is 6.54 Å². The number of anilines is 1. The van der Waals surface area contributed by atoms with Gasteiger partial charge in [-0.25, -0.2) is 0 Å².